The van der Waals surface area contributed by atoms with Gasteiger partial charge in [0.2, 0.25) is 10.0 Å². The first kappa shape index (κ1) is 20.4. The van der Waals surface area contributed by atoms with Crippen LogP contribution in [0.15, 0.2) is 29.2 Å². The van der Waals surface area contributed by atoms with Gasteiger partial charge in [0.05, 0.1) is 11.5 Å². The number of hydrogen-bond donors (Lipinski definition) is 1. The zero-order chi connectivity index (χ0) is 18.5. The molecule has 0 atom stereocenters. The van der Waals surface area contributed by atoms with E-state index in [4.69, 9.17) is 11.6 Å². The van der Waals surface area contributed by atoms with Gasteiger partial charge in [0.25, 0.3) is 0 Å². The van der Waals surface area contributed by atoms with E-state index in [0.717, 1.165) is 0 Å². The number of alkyl halides is 3. The molecule has 142 valence electrons. The number of likely N-dealkylation sites (tertiary alicyclic amines) is 1. The second-order valence-electron chi connectivity index (χ2n) is 5.86. The first-order chi connectivity index (χ1) is 11.7. The average Bonchev–Trinajstić information content (AvgIpc) is 2.52. The van der Waals surface area contributed by atoms with Crippen molar-refractivity contribution in [1.29, 1.82) is 0 Å². The van der Waals surface area contributed by atoms with Crippen LogP contribution < -0.4 is 4.72 Å². The predicted molar refractivity (Wildman–Crippen MR) is 88.1 cm³/mol. The van der Waals surface area contributed by atoms with Crippen molar-refractivity contribution < 1.29 is 26.3 Å². The second-order valence-corrected chi connectivity index (χ2v) is 8.01. The quantitative estimate of drug-likeness (QED) is 0.715. The van der Waals surface area contributed by atoms with Crippen molar-refractivity contribution in [2.45, 2.75) is 30.0 Å². The summed E-state index contributed by atoms with van der Waals surface area (Å²) in [7, 11) is -3.61. The lowest BCUT2D eigenvalue weighted by Gasteiger charge is -2.32. The number of rotatable bonds is 7. The van der Waals surface area contributed by atoms with Crippen LogP contribution in [-0.4, -0.2) is 58.4 Å². The minimum absolute atomic E-state index is 0.000673. The third-order valence-electron chi connectivity index (χ3n) is 3.85. The number of sulfonamides is 1. The molecule has 25 heavy (non-hydrogen) atoms. The zero-order valence-electron chi connectivity index (χ0n) is 13.4. The number of piperidine rings is 1. The number of nitrogens with one attached hydrogen (secondary N) is 1. The molecule has 5 nitrogen and oxygen atoms in total. The summed E-state index contributed by atoms with van der Waals surface area (Å²) in [4.78, 5) is 2.11. The van der Waals surface area contributed by atoms with Gasteiger partial charge in [-0.2, -0.15) is 13.2 Å². The van der Waals surface area contributed by atoms with Crippen LogP contribution in [0, 0.1) is 0 Å². The smallest absolute Gasteiger partial charge is 0.371 e. The molecule has 1 aliphatic rings. The molecule has 0 saturated carbocycles. The van der Waals surface area contributed by atoms with Crippen molar-refractivity contribution in [3.8, 4) is 0 Å². The summed E-state index contributed by atoms with van der Waals surface area (Å²) in [5.41, 5.74) is 0. The van der Waals surface area contributed by atoms with Gasteiger partial charge in [-0.3, -0.25) is 0 Å². The van der Waals surface area contributed by atoms with Gasteiger partial charge in [-0.1, -0.05) is 11.6 Å². The Morgan fingerprint density at radius 2 is 1.80 bits per heavy atom. The molecule has 1 aliphatic heterocycles. The number of nitrogens with zero attached hydrogens (tertiary/aromatic N) is 1. The Labute approximate surface area is 150 Å². The van der Waals surface area contributed by atoms with Gasteiger partial charge in [0.1, 0.15) is 6.61 Å². The van der Waals surface area contributed by atoms with E-state index in [2.05, 4.69) is 9.46 Å². The minimum Gasteiger partial charge on any atom is -0.371 e. The van der Waals surface area contributed by atoms with Crippen LogP contribution in [0.5, 0.6) is 0 Å². The van der Waals surface area contributed by atoms with Crippen molar-refractivity contribution in [3.63, 3.8) is 0 Å². The largest absolute Gasteiger partial charge is 0.411 e. The summed E-state index contributed by atoms with van der Waals surface area (Å²) >= 11 is 5.75. The van der Waals surface area contributed by atoms with Crippen molar-refractivity contribution in [2.75, 3.05) is 32.8 Å². The SMILES string of the molecule is O=S(=O)(NC1CCN(CCOCC(F)(F)F)CC1)c1ccc(Cl)cc1. The highest BCUT2D eigenvalue weighted by atomic mass is 35.5. The Bertz CT molecular complexity index is 645. The second kappa shape index (κ2) is 8.68. The molecule has 2 rings (SSSR count). The first-order valence-electron chi connectivity index (χ1n) is 7.80. The van der Waals surface area contributed by atoms with E-state index in [1.165, 1.54) is 24.3 Å². The molecule has 0 spiro atoms. The van der Waals surface area contributed by atoms with Gasteiger partial charge < -0.3 is 9.64 Å². The summed E-state index contributed by atoms with van der Waals surface area (Å²) in [6.45, 7) is 0.351. The van der Waals surface area contributed by atoms with Gasteiger partial charge in [-0.05, 0) is 50.2 Å². The minimum atomic E-state index is -4.31. The van der Waals surface area contributed by atoms with Crippen molar-refractivity contribution in [2.24, 2.45) is 0 Å². The topological polar surface area (TPSA) is 58.6 Å². The van der Waals surface area contributed by atoms with Crippen molar-refractivity contribution in [3.05, 3.63) is 29.3 Å². The van der Waals surface area contributed by atoms with Crippen LogP contribution in [0.4, 0.5) is 13.2 Å². The molecule has 0 radical (unpaired) electrons. The predicted octanol–water partition coefficient (Wildman–Crippen LogP) is 2.66. The fourth-order valence-electron chi connectivity index (χ4n) is 2.56. The van der Waals surface area contributed by atoms with Crippen LogP contribution in [0.3, 0.4) is 0 Å². The molecule has 0 aromatic heterocycles. The maximum absolute atomic E-state index is 12.3. The third kappa shape index (κ3) is 7.10. The number of benzene rings is 1. The summed E-state index contributed by atoms with van der Waals surface area (Å²) < 4.78 is 67.8. The Hall–Kier alpha value is -0.870. The van der Waals surface area contributed by atoms with Crippen LogP contribution in [0.1, 0.15) is 12.8 Å². The normalized spacial score (nSPS) is 17.8. The number of hydrogen-bond acceptors (Lipinski definition) is 4. The Morgan fingerprint density at radius 3 is 2.36 bits per heavy atom. The lowest BCUT2D eigenvalue weighted by atomic mass is 10.1. The zero-order valence-corrected chi connectivity index (χ0v) is 15.0. The highest BCUT2D eigenvalue weighted by Gasteiger charge is 2.28. The van der Waals surface area contributed by atoms with E-state index in [9.17, 15) is 21.6 Å². The summed E-state index contributed by atoms with van der Waals surface area (Å²) in [6.07, 6.45) is -3.13. The first-order valence-corrected chi connectivity index (χ1v) is 9.66. The van der Waals surface area contributed by atoms with Gasteiger partial charge in [-0.25, -0.2) is 13.1 Å². The molecule has 0 unspecified atom stereocenters. The maximum Gasteiger partial charge on any atom is 0.411 e. The molecule has 1 N–H and O–H groups in total. The molecule has 0 aliphatic carbocycles. The van der Waals surface area contributed by atoms with Gasteiger partial charge in [0.15, 0.2) is 0 Å². The summed E-state index contributed by atoms with van der Waals surface area (Å²) in [5, 5.41) is 0.458. The highest BCUT2D eigenvalue weighted by Crippen LogP contribution is 2.18. The third-order valence-corrected chi connectivity index (χ3v) is 5.64. The Morgan fingerprint density at radius 1 is 1.20 bits per heavy atom. The average molecular weight is 401 g/mol. The van der Waals surface area contributed by atoms with Crippen LogP contribution >= 0.6 is 11.6 Å². The Balaban J connectivity index is 1.74. The van der Waals surface area contributed by atoms with E-state index in [0.29, 0.717) is 37.5 Å². The molecule has 1 saturated heterocycles. The van der Waals surface area contributed by atoms with E-state index < -0.39 is 22.8 Å². The van der Waals surface area contributed by atoms with E-state index in [1.54, 1.807) is 0 Å². The highest BCUT2D eigenvalue weighted by molar-refractivity contribution is 7.89. The maximum atomic E-state index is 12.3. The lowest BCUT2D eigenvalue weighted by molar-refractivity contribution is -0.174. The fourth-order valence-corrected chi connectivity index (χ4v) is 3.99. The summed E-state index contributed by atoms with van der Waals surface area (Å²) in [5.74, 6) is 0. The lowest BCUT2D eigenvalue weighted by Crippen LogP contribution is -2.45. The monoisotopic (exact) mass is 400 g/mol. The van der Waals surface area contributed by atoms with Crippen LogP contribution in [-0.2, 0) is 14.8 Å². The molecular weight excluding hydrogens is 381 g/mol. The molecule has 1 heterocycles. The summed E-state index contributed by atoms with van der Waals surface area (Å²) in [6, 6.07) is 5.71. The number of halogens is 4. The van der Waals surface area contributed by atoms with Gasteiger partial charge >= 0.3 is 6.18 Å². The molecule has 1 aromatic carbocycles. The van der Waals surface area contributed by atoms with E-state index >= 15 is 0 Å². The molecule has 0 amide bonds. The molecule has 0 bridgehead atoms. The number of ether oxygens (including phenoxy) is 1. The molecule has 1 fully saturated rings. The van der Waals surface area contributed by atoms with Gasteiger partial charge in [-0.15, -0.1) is 0 Å². The van der Waals surface area contributed by atoms with Crippen molar-refractivity contribution in [1.82, 2.24) is 9.62 Å². The van der Waals surface area contributed by atoms with Crippen LogP contribution in [0.2, 0.25) is 5.02 Å². The molecule has 10 heteroatoms. The fraction of sp³-hybridized carbons (Fsp3) is 0.600. The Kier molecular flexibility index (Phi) is 7.10. The molecule has 1 aromatic rings. The molecular formula is C15H20ClF3N2O3S. The van der Waals surface area contributed by atoms with Crippen LogP contribution in [0.25, 0.3) is 0 Å². The van der Waals surface area contributed by atoms with E-state index in [1.807, 2.05) is 4.90 Å². The van der Waals surface area contributed by atoms with Crippen molar-refractivity contribution >= 4 is 21.6 Å². The van der Waals surface area contributed by atoms with Gasteiger partial charge in [0, 0.05) is 17.6 Å². The standard InChI is InChI=1S/C15H20ClF3N2O3S/c16-12-1-3-14(4-2-12)25(22,23)20-13-5-7-21(8-6-13)9-10-24-11-15(17,18)19/h1-4,13,20H,5-11H2. The van der Waals surface area contributed by atoms with E-state index in [-0.39, 0.29) is 17.5 Å².